The molecule has 10 nitrogen and oxygen atoms in total. The maximum Gasteiger partial charge on any atom is 0.341 e. The molecule has 13 heteroatoms. The molecule has 34 heavy (non-hydrogen) atoms. The molecular formula is C21H23ClF2N8O2. The lowest BCUT2D eigenvalue weighted by Crippen LogP contribution is -2.41. The Morgan fingerprint density at radius 3 is 2.74 bits per heavy atom. The third-order valence-electron chi connectivity index (χ3n) is 4.87. The zero-order valence-corrected chi connectivity index (χ0v) is 19.5. The van der Waals surface area contributed by atoms with Crippen molar-refractivity contribution in [3.8, 4) is 22.5 Å². The Morgan fingerprint density at radius 1 is 1.35 bits per heavy atom. The summed E-state index contributed by atoms with van der Waals surface area (Å²) < 4.78 is 29.5. The number of carbonyl (C=O) groups excluding carboxylic acids is 1. The van der Waals surface area contributed by atoms with Gasteiger partial charge in [0.05, 0.1) is 37.4 Å². The Kier molecular flexibility index (Phi) is 8.18. The maximum absolute atomic E-state index is 14.8. The number of halogens is 3. The Bertz CT molecular complexity index is 1200. The number of urea groups is 1. The molecule has 0 fully saturated rings. The van der Waals surface area contributed by atoms with Gasteiger partial charge in [-0.05, 0) is 48.5 Å². The number of rotatable bonds is 8. The molecule has 0 saturated heterocycles. The SMILES string of the molecule is C/C=N\C(CC)CN(O)C(=O)NCc1ncc(-c2cc(Cl)cc(F)c2-c2nnn(C)n2)cc1F. The minimum absolute atomic E-state index is 0.00380. The van der Waals surface area contributed by atoms with Crippen molar-refractivity contribution in [3.05, 3.63) is 46.7 Å². The van der Waals surface area contributed by atoms with Crippen molar-refractivity contribution >= 4 is 23.8 Å². The van der Waals surface area contributed by atoms with Gasteiger partial charge in [-0.15, -0.1) is 10.2 Å². The van der Waals surface area contributed by atoms with Crippen molar-refractivity contribution in [2.45, 2.75) is 32.9 Å². The average molecular weight is 493 g/mol. The first-order chi connectivity index (χ1) is 16.2. The molecule has 3 aromatic rings. The summed E-state index contributed by atoms with van der Waals surface area (Å²) in [6.45, 7) is 3.33. The summed E-state index contributed by atoms with van der Waals surface area (Å²) in [5.74, 6) is -1.44. The van der Waals surface area contributed by atoms with E-state index in [1.54, 1.807) is 13.1 Å². The molecule has 0 aliphatic carbocycles. The van der Waals surface area contributed by atoms with E-state index < -0.39 is 17.7 Å². The molecule has 1 atom stereocenters. The van der Waals surface area contributed by atoms with Gasteiger partial charge in [0.2, 0.25) is 5.82 Å². The number of tetrazole rings is 1. The highest BCUT2D eigenvalue weighted by molar-refractivity contribution is 6.31. The fraction of sp³-hybridized carbons (Fsp3) is 0.333. The number of nitrogens with one attached hydrogen (secondary N) is 1. The second-order valence-corrected chi connectivity index (χ2v) is 7.71. The molecule has 0 bridgehead atoms. The molecule has 2 N–H and O–H groups in total. The Hall–Kier alpha value is -3.51. The maximum atomic E-state index is 14.8. The molecule has 2 aromatic heterocycles. The number of pyridine rings is 1. The van der Waals surface area contributed by atoms with Gasteiger partial charge < -0.3 is 5.32 Å². The molecule has 0 aliphatic heterocycles. The van der Waals surface area contributed by atoms with Crippen LogP contribution in [0.1, 0.15) is 26.0 Å². The van der Waals surface area contributed by atoms with Gasteiger partial charge >= 0.3 is 6.03 Å². The fourth-order valence-electron chi connectivity index (χ4n) is 3.18. The van der Waals surface area contributed by atoms with Crippen molar-refractivity contribution in [2.24, 2.45) is 12.0 Å². The first-order valence-corrected chi connectivity index (χ1v) is 10.7. The van der Waals surface area contributed by atoms with Crippen molar-refractivity contribution in [3.63, 3.8) is 0 Å². The molecule has 3 rings (SSSR count). The van der Waals surface area contributed by atoms with Gasteiger partial charge in [-0.3, -0.25) is 15.2 Å². The van der Waals surface area contributed by atoms with E-state index in [4.69, 9.17) is 11.6 Å². The van der Waals surface area contributed by atoms with Crippen molar-refractivity contribution in [1.29, 1.82) is 0 Å². The number of hydroxylamine groups is 2. The average Bonchev–Trinajstić information content (AvgIpc) is 3.22. The summed E-state index contributed by atoms with van der Waals surface area (Å²) >= 11 is 6.02. The third-order valence-corrected chi connectivity index (χ3v) is 5.09. The van der Waals surface area contributed by atoms with Gasteiger partial charge in [-0.1, -0.05) is 18.5 Å². The first-order valence-electron chi connectivity index (χ1n) is 10.3. The van der Waals surface area contributed by atoms with Crippen LogP contribution in [0.25, 0.3) is 22.5 Å². The highest BCUT2D eigenvalue weighted by Gasteiger charge is 2.20. The Balaban J connectivity index is 1.79. The largest absolute Gasteiger partial charge is 0.341 e. The molecule has 1 aromatic carbocycles. The predicted molar refractivity (Wildman–Crippen MR) is 121 cm³/mol. The summed E-state index contributed by atoms with van der Waals surface area (Å²) in [5.41, 5.74) is 0.369. The highest BCUT2D eigenvalue weighted by atomic mass is 35.5. The zero-order chi connectivity index (χ0) is 24.8. The van der Waals surface area contributed by atoms with Crippen molar-refractivity contribution in [1.82, 2.24) is 35.6 Å². The molecule has 2 heterocycles. The molecule has 0 aliphatic rings. The monoisotopic (exact) mass is 492 g/mol. The minimum atomic E-state index is -0.817. The van der Waals surface area contributed by atoms with E-state index in [9.17, 15) is 18.8 Å². The number of benzene rings is 1. The summed E-state index contributed by atoms with van der Waals surface area (Å²) in [4.78, 5) is 21.5. The zero-order valence-electron chi connectivity index (χ0n) is 18.7. The molecule has 0 radical (unpaired) electrons. The van der Waals surface area contributed by atoms with Gasteiger partial charge in [0.25, 0.3) is 0 Å². The number of nitrogens with zero attached hydrogens (tertiary/aromatic N) is 7. The number of hydrogen-bond acceptors (Lipinski definition) is 7. The van der Waals surface area contributed by atoms with Crippen LogP contribution in [0.15, 0.2) is 29.4 Å². The molecule has 180 valence electrons. The van der Waals surface area contributed by atoms with Gasteiger partial charge in [-0.25, -0.2) is 18.6 Å². The van der Waals surface area contributed by atoms with E-state index in [0.29, 0.717) is 11.5 Å². The van der Waals surface area contributed by atoms with Gasteiger partial charge in [-0.2, -0.15) is 4.80 Å². The van der Waals surface area contributed by atoms with Crippen LogP contribution in [0.2, 0.25) is 5.02 Å². The number of carbonyl (C=O) groups is 1. The van der Waals surface area contributed by atoms with E-state index in [1.807, 2.05) is 6.92 Å². The Morgan fingerprint density at radius 2 is 2.12 bits per heavy atom. The van der Waals surface area contributed by atoms with Crippen LogP contribution in [-0.4, -0.2) is 60.3 Å². The number of aromatic nitrogens is 5. The lowest BCUT2D eigenvalue weighted by Gasteiger charge is -2.19. The summed E-state index contributed by atoms with van der Waals surface area (Å²) in [6.07, 6.45) is 3.54. The molecular weight excluding hydrogens is 470 g/mol. The van der Waals surface area contributed by atoms with Crippen LogP contribution >= 0.6 is 11.6 Å². The van der Waals surface area contributed by atoms with E-state index >= 15 is 0 Å². The van der Waals surface area contributed by atoms with Gasteiger partial charge in [0.1, 0.15) is 11.6 Å². The summed E-state index contributed by atoms with van der Waals surface area (Å²) in [7, 11) is 1.53. The van der Waals surface area contributed by atoms with E-state index in [1.165, 1.54) is 24.1 Å². The standard InChI is InChI=1S/C21H23ClF2N8O2/c1-4-14(25-5-2)11-32(34)21(33)27-10-18-16(23)6-12(9-26-18)15-7-13(22)8-17(24)19(15)20-28-30-31(3)29-20/h5-9,14,34H,4,10-11H2,1-3H3,(H,27,33)/b25-5-. The summed E-state index contributed by atoms with van der Waals surface area (Å²) in [5, 5.41) is 24.5. The second kappa shape index (κ2) is 11.1. The molecule has 1 unspecified atom stereocenters. The topological polar surface area (TPSA) is 121 Å². The minimum Gasteiger partial charge on any atom is -0.330 e. The second-order valence-electron chi connectivity index (χ2n) is 7.28. The number of hydrogen-bond donors (Lipinski definition) is 2. The number of aliphatic imine (C=N–C) groups is 1. The lowest BCUT2D eigenvalue weighted by atomic mass is 9.99. The lowest BCUT2D eigenvalue weighted by molar-refractivity contribution is -0.0471. The van der Waals surface area contributed by atoms with E-state index in [0.717, 1.165) is 12.1 Å². The molecule has 0 spiro atoms. The van der Waals surface area contributed by atoms with Gasteiger partial charge in [0, 0.05) is 16.8 Å². The highest BCUT2D eigenvalue weighted by Crippen LogP contribution is 2.35. The van der Waals surface area contributed by atoms with Crippen LogP contribution in [0.4, 0.5) is 13.6 Å². The van der Waals surface area contributed by atoms with Crippen molar-refractivity contribution < 1.29 is 18.8 Å². The van der Waals surface area contributed by atoms with E-state index in [-0.39, 0.29) is 52.4 Å². The van der Waals surface area contributed by atoms with Crippen LogP contribution in [0, 0.1) is 11.6 Å². The smallest absolute Gasteiger partial charge is 0.330 e. The summed E-state index contributed by atoms with van der Waals surface area (Å²) in [6, 6.07) is 2.61. The van der Waals surface area contributed by atoms with Crippen molar-refractivity contribution in [2.75, 3.05) is 6.54 Å². The van der Waals surface area contributed by atoms with Crippen LogP contribution in [0.5, 0.6) is 0 Å². The van der Waals surface area contributed by atoms with Crippen LogP contribution in [0.3, 0.4) is 0 Å². The normalized spacial score (nSPS) is 12.2. The van der Waals surface area contributed by atoms with Crippen LogP contribution in [-0.2, 0) is 13.6 Å². The Labute approximate surface area is 199 Å². The van der Waals surface area contributed by atoms with E-state index in [2.05, 4.69) is 30.7 Å². The number of amides is 2. The van der Waals surface area contributed by atoms with Gasteiger partial charge in [0.15, 0.2) is 0 Å². The molecule has 2 amide bonds. The molecule has 0 saturated carbocycles. The fourth-order valence-corrected chi connectivity index (χ4v) is 3.39. The van der Waals surface area contributed by atoms with Crippen LogP contribution < -0.4 is 5.32 Å². The number of aryl methyl sites for hydroxylation is 1. The third kappa shape index (κ3) is 5.88. The first kappa shape index (κ1) is 25.1. The predicted octanol–water partition coefficient (Wildman–Crippen LogP) is 3.64. The quantitative estimate of drug-likeness (QED) is 0.281.